The summed E-state index contributed by atoms with van der Waals surface area (Å²) in [6.07, 6.45) is 0. The van der Waals surface area contributed by atoms with E-state index >= 15 is 0 Å². The van der Waals surface area contributed by atoms with E-state index in [0.717, 1.165) is 11.4 Å². The molecule has 2 N–H and O–H groups in total. The van der Waals surface area contributed by atoms with Gasteiger partial charge in [-0.05, 0) is 50.5 Å². The van der Waals surface area contributed by atoms with Crippen molar-refractivity contribution in [2.45, 2.75) is 0 Å². The van der Waals surface area contributed by atoms with Gasteiger partial charge in [-0.2, -0.15) is 0 Å². The lowest BCUT2D eigenvalue weighted by atomic mass is 10.2. The average molecular weight is 450 g/mol. The zero-order valence-corrected chi connectivity index (χ0v) is 18.5. The molecule has 30 heavy (non-hydrogen) atoms. The number of urea groups is 1. The summed E-state index contributed by atoms with van der Waals surface area (Å²) in [6.45, 7) is 2.90. The van der Waals surface area contributed by atoms with E-state index in [2.05, 4.69) is 15.5 Å². The Hall–Kier alpha value is -2.48. The topological polar surface area (TPSA) is 67.9 Å². The highest BCUT2D eigenvalue weighted by atomic mass is 35.5. The SMILES string of the molecule is CN(C)CC(=O)Nc1ccc(N2CCN(C(=O)Nc3c(Cl)cccc3Cl)CC2)cc1. The number of rotatable bonds is 5. The van der Waals surface area contributed by atoms with Gasteiger partial charge in [0.2, 0.25) is 5.91 Å². The molecule has 1 aliphatic rings. The molecule has 0 spiro atoms. The van der Waals surface area contributed by atoms with Crippen LogP contribution in [0.2, 0.25) is 10.0 Å². The van der Waals surface area contributed by atoms with Crippen molar-refractivity contribution in [3.05, 3.63) is 52.5 Å². The average Bonchev–Trinajstić information content (AvgIpc) is 2.71. The number of benzene rings is 2. The molecular weight excluding hydrogens is 425 g/mol. The molecule has 0 saturated carbocycles. The highest BCUT2D eigenvalue weighted by Crippen LogP contribution is 2.30. The lowest BCUT2D eigenvalue weighted by molar-refractivity contribution is -0.116. The summed E-state index contributed by atoms with van der Waals surface area (Å²) in [5, 5.41) is 6.50. The van der Waals surface area contributed by atoms with Crippen LogP contribution in [-0.4, -0.2) is 68.6 Å². The highest BCUT2D eigenvalue weighted by Gasteiger charge is 2.22. The van der Waals surface area contributed by atoms with Gasteiger partial charge in [-0.15, -0.1) is 0 Å². The number of piperazine rings is 1. The molecule has 0 unspecified atom stereocenters. The maximum Gasteiger partial charge on any atom is 0.322 e. The molecule has 2 aromatic carbocycles. The molecule has 1 saturated heterocycles. The molecule has 3 rings (SSSR count). The minimum absolute atomic E-state index is 0.0500. The van der Waals surface area contributed by atoms with E-state index in [1.807, 2.05) is 43.3 Å². The number of carbonyl (C=O) groups is 2. The molecule has 0 aliphatic carbocycles. The van der Waals surface area contributed by atoms with E-state index in [1.165, 1.54) is 0 Å². The molecule has 160 valence electrons. The van der Waals surface area contributed by atoms with E-state index in [-0.39, 0.29) is 11.9 Å². The number of para-hydroxylation sites is 1. The summed E-state index contributed by atoms with van der Waals surface area (Å²) >= 11 is 12.3. The van der Waals surface area contributed by atoms with Crippen molar-refractivity contribution in [2.24, 2.45) is 0 Å². The van der Waals surface area contributed by atoms with Gasteiger partial charge in [0.05, 0.1) is 22.3 Å². The summed E-state index contributed by atoms with van der Waals surface area (Å²) in [5.74, 6) is -0.0500. The largest absolute Gasteiger partial charge is 0.368 e. The zero-order valence-electron chi connectivity index (χ0n) is 17.0. The summed E-state index contributed by atoms with van der Waals surface area (Å²) in [4.78, 5) is 30.2. The van der Waals surface area contributed by atoms with Crippen LogP contribution >= 0.6 is 23.2 Å². The molecule has 9 heteroatoms. The number of carbonyl (C=O) groups excluding carboxylic acids is 2. The van der Waals surface area contributed by atoms with Crippen molar-refractivity contribution >= 4 is 52.2 Å². The molecule has 0 radical (unpaired) electrons. The fourth-order valence-corrected chi connectivity index (χ4v) is 3.71. The van der Waals surface area contributed by atoms with Gasteiger partial charge in [-0.25, -0.2) is 4.79 Å². The van der Waals surface area contributed by atoms with Gasteiger partial charge in [-0.1, -0.05) is 29.3 Å². The number of amides is 3. The quantitative estimate of drug-likeness (QED) is 0.727. The Bertz CT molecular complexity index is 877. The normalized spacial score (nSPS) is 14.0. The predicted molar refractivity (Wildman–Crippen MR) is 123 cm³/mol. The van der Waals surface area contributed by atoms with Gasteiger partial charge in [-0.3, -0.25) is 4.79 Å². The van der Waals surface area contributed by atoms with Gasteiger partial charge in [0.15, 0.2) is 0 Å². The van der Waals surface area contributed by atoms with Crippen LogP contribution in [0.3, 0.4) is 0 Å². The first-order valence-electron chi connectivity index (χ1n) is 9.63. The molecule has 0 bridgehead atoms. The van der Waals surface area contributed by atoms with Gasteiger partial charge < -0.3 is 25.3 Å². The van der Waals surface area contributed by atoms with E-state index in [9.17, 15) is 9.59 Å². The van der Waals surface area contributed by atoms with Crippen LogP contribution < -0.4 is 15.5 Å². The molecule has 0 atom stereocenters. The Morgan fingerprint density at radius 1 is 0.933 bits per heavy atom. The number of hydrogen-bond acceptors (Lipinski definition) is 4. The van der Waals surface area contributed by atoms with Crippen molar-refractivity contribution < 1.29 is 9.59 Å². The lowest BCUT2D eigenvalue weighted by Crippen LogP contribution is -2.50. The lowest BCUT2D eigenvalue weighted by Gasteiger charge is -2.36. The van der Waals surface area contributed by atoms with Crippen molar-refractivity contribution in [3.63, 3.8) is 0 Å². The van der Waals surface area contributed by atoms with E-state index in [4.69, 9.17) is 23.2 Å². The van der Waals surface area contributed by atoms with Crippen LogP contribution in [-0.2, 0) is 4.79 Å². The number of halogens is 2. The summed E-state index contributed by atoms with van der Waals surface area (Å²) in [6, 6.07) is 12.6. The third-order valence-corrected chi connectivity index (χ3v) is 5.37. The van der Waals surface area contributed by atoms with Gasteiger partial charge in [0, 0.05) is 37.6 Å². The second-order valence-electron chi connectivity index (χ2n) is 7.33. The molecule has 0 aromatic heterocycles. The van der Waals surface area contributed by atoms with Gasteiger partial charge in [0.25, 0.3) is 0 Å². The second kappa shape index (κ2) is 10.0. The molecule has 1 heterocycles. The first-order valence-corrected chi connectivity index (χ1v) is 10.4. The summed E-state index contributed by atoms with van der Waals surface area (Å²) in [5.41, 5.74) is 2.25. The molecule has 1 aliphatic heterocycles. The standard InChI is InChI=1S/C21H25Cl2N5O2/c1-26(2)14-19(29)24-15-6-8-16(9-7-15)27-10-12-28(13-11-27)21(30)25-20-17(22)4-3-5-18(20)23/h3-9H,10-14H2,1-2H3,(H,24,29)(H,25,30). The number of likely N-dealkylation sites (N-methyl/N-ethyl adjacent to an activating group) is 1. The van der Waals surface area contributed by atoms with Crippen LogP contribution in [0.5, 0.6) is 0 Å². The monoisotopic (exact) mass is 449 g/mol. The number of nitrogens with one attached hydrogen (secondary N) is 2. The molecule has 7 nitrogen and oxygen atoms in total. The highest BCUT2D eigenvalue weighted by molar-refractivity contribution is 6.39. The number of nitrogens with zero attached hydrogens (tertiary/aromatic N) is 3. The molecular formula is C21H25Cl2N5O2. The van der Waals surface area contributed by atoms with Crippen molar-refractivity contribution in [1.82, 2.24) is 9.80 Å². The fraction of sp³-hybridized carbons (Fsp3) is 0.333. The first-order chi connectivity index (χ1) is 14.3. The second-order valence-corrected chi connectivity index (χ2v) is 8.15. The number of anilines is 3. The van der Waals surface area contributed by atoms with E-state index < -0.39 is 0 Å². The third kappa shape index (κ3) is 5.78. The maximum atomic E-state index is 12.6. The predicted octanol–water partition coefficient (Wildman–Crippen LogP) is 3.85. The molecule has 1 fully saturated rings. The Morgan fingerprint density at radius 3 is 2.10 bits per heavy atom. The maximum absolute atomic E-state index is 12.6. The zero-order chi connectivity index (χ0) is 21.7. The van der Waals surface area contributed by atoms with Gasteiger partial charge >= 0.3 is 6.03 Å². The van der Waals surface area contributed by atoms with Crippen molar-refractivity contribution in [1.29, 1.82) is 0 Å². The van der Waals surface area contributed by atoms with Crippen LogP contribution in [0.4, 0.5) is 21.9 Å². The Morgan fingerprint density at radius 2 is 1.53 bits per heavy atom. The summed E-state index contributed by atoms with van der Waals surface area (Å²) in [7, 11) is 3.71. The first kappa shape index (κ1) is 22.2. The van der Waals surface area contributed by atoms with Crippen molar-refractivity contribution in [3.8, 4) is 0 Å². The Labute approximate surface area is 186 Å². The minimum Gasteiger partial charge on any atom is -0.368 e. The van der Waals surface area contributed by atoms with Crippen LogP contribution in [0.1, 0.15) is 0 Å². The van der Waals surface area contributed by atoms with E-state index in [0.29, 0.717) is 48.5 Å². The smallest absolute Gasteiger partial charge is 0.322 e. The third-order valence-electron chi connectivity index (χ3n) is 4.74. The van der Waals surface area contributed by atoms with E-state index in [1.54, 1.807) is 23.1 Å². The van der Waals surface area contributed by atoms with Crippen LogP contribution in [0, 0.1) is 0 Å². The van der Waals surface area contributed by atoms with Crippen LogP contribution in [0.25, 0.3) is 0 Å². The summed E-state index contributed by atoms with van der Waals surface area (Å²) < 4.78 is 0. The van der Waals surface area contributed by atoms with Gasteiger partial charge in [0.1, 0.15) is 0 Å². The fourth-order valence-electron chi connectivity index (χ4n) is 3.21. The van der Waals surface area contributed by atoms with Crippen molar-refractivity contribution in [2.75, 3.05) is 62.4 Å². The van der Waals surface area contributed by atoms with Crippen LogP contribution in [0.15, 0.2) is 42.5 Å². The Kier molecular flexibility index (Phi) is 7.42. The Balaban J connectivity index is 1.52. The molecule has 3 amide bonds. The minimum atomic E-state index is -0.219. The molecule has 2 aromatic rings. The number of hydrogen-bond donors (Lipinski definition) is 2.